The maximum absolute atomic E-state index is 5.78. The van der Waals surface area contributed by atoms with Gasteiger partial charge in [0, 0.05) is 16.8 Å². The van der Waals surface area contributed by atoms with Crippen LogP contribution in [0.25, 0.3) is 10.8 Å². The molecule has 0 fully saturated rings. The van der Waals surface area contributed by atoms with Crippen molar-refractivity contribution in [3.05, 3.63) is 36.4 Å². The molecule has 2 heteroatoms. The van der Waals surface area contributed by atoms with E-state index in [-0.39, 0.29) is 0 Å². The fourth-order valence-electron chi connectivity index (χ4n) is 1.40. The minimum atomic E-state index is 0.741. The van der Waals surface area contributed by atoms with Gasteiger partial charge in [-0.25, -0.2) is 0 Å². The molecule has 0 atom stereocenters. The summed E-state index contributed by atoms with van der Waals surface area (Å²) in [6.45, 7) is 4.00. The number of hydrogen-bond donors (Lipinski definition) is 2. The van der Waals surface area contributed by atoms with Crippen molar-refractivity contribution in [3.63, 3.8) is 0 Å². The van der Waals surface area contributed by atoms with Crippen molar-refractivity contribution >= 4 is 22.1 Å². The molecule has 4 N–H and O–H groups in total. The third kappa shape index (κ3) is 1.79. The van der Waals surface area contributed by atoms with E-state index in [1.807, 2.05) is 50.2 Å². The van der Waals surface area contributed by atoms with Gasteiger partial charge in [-0.15, -0.1) is 0 Å². The Hall–Kier alpha value is -1.70. The van der Waals surface area contributed by atoms with Crippen LogP contribution in [0.3, 0.4) is 0 Å². The molecule has 0 aliphatic carbocycles. The second-order valence-electron chi connectivity index (χ2n) is 2.79. The quantitative estimate of drug-likeness (QED) is 0.624. The van der Waals surface area contributed by atoms with Crippen LogP contribution >= 0.6 is 0 Å². The topological polar surface area (TPSA) is 52.0 Å². The highest BCUT2D eigenvalue weighted by Crippen LogP contribution is 2.25. The monoisotopic (exact) mass is 188 g/mol. The molecule has 0 aromatic heterocycles. The van der Waals surface area contributed by atoms with E-state index in [4.69, 9.17) is 11.5 Å². The first kappa shape index (κ1) is 10.4. The lowest BCUT2D eigenvalue weighted by molar-refractivity contribution is 1.50. The molecule has 2 rings (SSSR count). The van der Waals surface area contributed by atoms with Crippen molar-refractivity contribution in [2.45, 2.75) is 13.8 Å². The second kappa shape index (κ2) is 4.51. The highest BCUT2D eigenvalue weighted by atomic mass is 14.6. The second-order valence-corrected chi connectivity index (χ2v) is 2.79. The SMILES string of the molecule is CC.Nc1cccc2cccc(N)c12. The van der Waals surface area contributed by atoms with Gasteiger partial charge in [0.15, 0.2) is 0 Å². The highest BCUT2D eigenvalue weighted by molar-refractivity contribution is 6.01. The lowest BCUT2D eigenvalue weighted by Crippen LogP contribution is -1.91. The van der Waals surface area contributed by atoms with Gasteiger partial charge in [-0.1, -0.05) is 38.1 Å². The standard InChI is InChI=1S/C10H10N2.C2H6/c11-8-5-1-3-7-4-2-6-9(12)10(7)8;1-2/h1-6H,11-12H2;1-2H3. The number of anilines is 2. The van der Waals surface area contributed by atoms with Crippen LogP contribution in [0, 0.1) is 0 Å². The number of nitrogens with two attached hydrogens (primary N) is 2. The van der Waals surface area contributed by atoms with E-state index >= 15 is 0 Å². The molecule has 2 nitrogen and oxygen atoms in total. The molecular formula is C12H16N2. The van der Waals surface area contributed by atoms with Crippen LogP contribution in [0.1, 0.15) is 13.8 Å². The number of nitrogen functional groups attached to an aromatic ring is 2. The smallest absolute Gasteiger partial charge is 0.0414 e. The number of hydrogen-bond acceptors (Lipinski definition) is 2. The van der Waals surface area contributed by atoms with E-state index in [2.05, 4.69) is 0 Å². The van der Waals surface area contributed by atoms with Crippen LogP contribution in [0.4, 0.5) is 11.4 Å². The maximum Gasteiger partial charge on any atom is 0.0414 e. The molecule has 0 unspecified atom stereocenters. The van der Waals surface area contributed by atoms with Crippen LogP contribution in [0.15, 0.2) is 36.4 Å². The van der Waals surface area contributed by atoms with Crippen LogP contribution in [0.5, 0.6) is 0 Å². The molecule has 0 bridgehead atoms. The molecule has 14 heavy (non-hydrogen) atoms. The first-order valence-corrected chi connectivity index (χ1v) is 4.82. The van der Waals surface area contributed by atoms with Crippen LogP contribution in [-0.4, -0.2) is 0 Å². The lowest BCUT2D eigenvalue weighted by Gasteiger charge is -2.03. The zero-order valence-electron chi connectivity index (χ0n) is 8.62. The zero-order valence-corrected chi connectivity index (χ0v) is 8.62. The van der Waals surface area contributed by atoms with Gasteiger partial charge in [0.05, 0.1) is 0 Å². The highest BCUT2D eigenvalue weighted by Gasteiger charge is 1.98. The summed E-state index contributed by atoms with van der Waals surface area (Å²) >= 11 is 0. The van der Waals surface area contributed by atoms with Crippen molar-refractivity contribution in [1.82, 2.24) is 0 Å². The summed E-state index contributed by atoms with van der Waals surface area (Å²) in [5, 5.41) is 2.05. The third-order valence-corrected chi connectivity index (χ3v) is 1.97. The van der Waals surface area contributed by atoms with Gasteiger partial charge in [-0.3, -0.25) is 0 Å². The summed E-state index contributed by atoms with van der Waals surface area (Å²) in [5.74, 6) is 0. The fourth-order valence-corrected chi connectivity index (χ4v) is 1.40. The predicted molar refractivity (Wildman–Crippen MR) is 64.1 cm³/mol. The van der Waals surface area contributed by atoms with Crippen LogP contribution in [-0.2, 0) is 0 Å². The largest absolute Gasteiger partial charge is 0.398 e. The molecular weight excluding hydrogens is 172 g/mol. The Morgan fingerprint density at radius 1 is 0.786 bits per heavy atom. The van der Waals surface area contributed by atoms with Crippen molar-refractivity contribution in [2.24, 2.45) is 0 Å². The fraction of sp³-hybridized carbons (Fsp3) is 0.167. The molecule has 0 aliphatic heterocycles. The average molecular weight is 188 g/mol. The molecule has 0 heterocycles. The molecule has 2 aromatic rings. The van der Waals surface area contributed by atoms with E-state index in [1.54, 1.807) is 0 Å². The Morgan fingerprint density at radius 2 is 1.21 bits per heavy atom. The molecule has 0 spiro atoms. The Morgan fingerprint density at radius 3 is 1.57 bits per heavy atom. The molecule has 0 radical (unpaired) electrons. The van der Waals surface area contributed by atoms with Gasteiger partial charge < -0.3 is 11.5 Å². The molecule has 0 aliphatic rings. The Labute approximate surface area is 84.5 Å². The summed E-state index contributed by atoms with van der Waals surface area (Å²) in [6, 6.07) is 11.6. The minimum Gasteiger partial charge on any atom is -0.398 e. The summed E-state index contributed by atoms with van der Waals surface area (Å²) in [5.41, 5.74) is 13.0. The van der Waals surface area contributed by atoms with E-state index in [0.29, 0.717) is 0 Å². The Bertz CT molecular complexity index is 385. The van der Waals surface area contributed by atoms with Gasteiger partial charge in [0.2, 0.25) is 0 Å². The molecule has 74 valence electrons. The predicted octanol–water partition coefficient (Wildman–Crippen LogP) is 3.03. The first-order valence-electron chi connectivity index (χ1n) is 4.82. The third-order valence-electron chi connectivity index (χ3n) is 1.97. The molecule has 0 amide bonds. The summed E-state index contributed by atoms with van der Waals surface area (Å²) in [6.07, 6.45) is 0. The van der Waals surface area contributed by atoms with Gasteiger partial charge in [0.1, 0.15) is 0 Å². The van der Waals surface area contributed by atoms with Crippen LogP contribution in [0.2, 0.25) is 0 Å². The van der Waals surface area contributed by atoms with Gasteiger partial charge >= 0.3 is 0 Å². The minimum absolute atomic E-state index is 0.741. The molecule has 2 aromatic carbocycles. The summed E-state index contributed by atoms with van der Waals surface area (Å²) < 4.78 is 0. The number of benzene rings is 2. The van der Waals surface area contributed by atoms with Crippen molar-refractivity contribution in [3.8, 4) is 0 Å². The van der Waals surface area contributed by atoms with Gasteiger partial charge in [0.25, 0.3) is 0 Å². The zero-order chi connectivity index (χ0) is 10.6. The molecule has 0 saturated heterocycles. The number of fused-ring (bicyclic) bond motifs is 1. The normalized spacial score (nSPS) is 9.29. The Kier molecular flexibility index (Phi) is 3.35. The average Bonchev–Trinajstić information content (AvgIpc) is 2.21. The van der Waals surface area contributed by atoms with Crippen molar-refractivity contribution in [2.75, 3.05) is 11.5 Å². The Balaban J connectivity index is 0.000000461. The maximum atomic E-state index is 5.78. The van der Waals surface area contributed by atoms with Crippen LogP contribution < -0.4 is 11.5 Å². The summed E-state index contributed by atoms with van der Waals surface area (Å²) in [4.78, 5) is 0. The van der Waals surface area contributed by atoms with E-state index in [0.717, 1.165) is 22.1 Å². The van der Waals surface area contributed by atoms with Crippen molar-refractivity contribution in [1.29, 1.82) is 0 Å². The van der Waals surface area contributed by atoms with E-state index in [1.165, 1.54) is 0 Å². The van der Waals surface area contributed by atoms with Crippen molar-refractivity contribution < 1.29 is 0 Å². The van der Waals surface area contributed by atoms with E-state index < -0.39 is 0 Å². The van der Waals surface area contributed by atoms with E-state index in [9.17, 15) is 0 Å². The lowest BCUT2D eigenvalue weighted by atomic mass is 10.1. The summed E-state index contributed by atoms with van der Waals surface area (Å²) in [7, 11) is 0. The first-order chi connectivity index (χ1) is 6.79. The molecule has 0 saturated carbocycles. The van der Waals surface area contributed by atoms with Gasteiger partial charge in [-0.2, -0.15) is 0 Å². The number of rotatable bonds is 0. The van der Waals surface area contributed by atoms with Gasteiger partial charge in [-0.05, 0) is 17.5 Å².